The quantitative estimate of drug-likeness (QED) is 0.759. The van der Waals surface area contributed by atoms with Gasteiger partial charge in [0.2, 0.25) is 0 Å². The summed E-state index contributed by atoms with van der Waals surface area (Å²) in [4.78, 5) is 11.9. The molecule has 0 spiro atoms. The average Bonchev–Trinajstić information content (AvgIpc) is 3.49. The fourth-order valence-corrected chi connectivity index (χ4v) is 3.52. The molecule has 0 atom stereocenters. The lowest BCUT2D eigenvalue weighted by atomic mass is 10.1. The number of benzene rings is 1. The second-order valence-corrected chi connectivity index (χ2v) is 7.07. The van der Waals surface area contributed by atoms with Gasteiger partial charge in [-0.1, -0.05) is 6.07 Å². The Morgan fingerprint density at radius 2 is 2.00 bits per heavy atom. The molecule has 1 aromatic carbocycles. The van der Waals surface area contributed by atoms with Gasteiger partial charge in [-0.05, 0) is 32.8 Å². The Labute approximate surface area is 155 Å². The Hall–Kier alpha value is -2.14. The molecule has 0 saturated heterocycles. The summed E-state index contributed by atoms with van der Waals surface area (Å²) in [6.07, 6.45) is 5.55. The van der Waals surface area contributed by atoms with E-state index in [4.69, 9.17) is 14.5 Å². The number of hydrogen-bond donors (Lipinski definition) is 0. The van der Waals surface area contributed by atoms with Gasteiger partial charge in [0, 0.05) is 61.1 Å². The minimum absolute atomic E-state index is 0.621. The molecule has 1 aliphatic heterocycles. The minimum Gasteiger partial charge on any atom is -0.494 e. The van der Waals surface area contributed by atoms with E-state index in [1.807, 2.05) is 32.2 Å². The van der Waals surface area contributed by atoms with Crippen molar-refractivity contribution in [1.82, 2.24) is 14.9 Å². The van der Waals surface area contributed by atoms with Gasteiger partial charge in [0.1, 0.15) is 17.3 Å². The van der Waals surface area contributed by atoms with Crippen LogP contribution < -0.4 is 9.47 Å². The van der Waals surface area contributed by atoms with Gasteiger partial charge < -0.3 is 9.47 Å². The molecular weight excluding hydrogens is 326 g/mol. The van der Waals surface area contributed by atoms with Crippen LogP contribution in [0.1, 0.15) is 55.3 Å². The van der Waals surface area contributed by atoms with Crippen molar-refractivity contribution in [2.45, 2.75) is 52.1 Å². The Balaban J connectivity index is 1.47. The third-order valence-corrected chi connectivity index (χ3v) is 5.02. The van der Waals surface area contributed by atoms with E-state index in [0.29, 0.717) is 19.1 Å². The van der Waals surface area contributed by atoms with Crippen LogP contribution in [0.3, 0.4) is 0 Å². The van der Waals surface area contributed by atoms with Gasteiger partial charge >= 0.3 is 0 Å². The molecule has 26 heavy (non-hydrogen) atoms. The van der Waals surface area contributed by atoms with Crippen molar-refractivity contribution < 1.29 is 9.47 Å². The van der Waals surface area contributed by atoms with Crippen molar-refractivity contribution in [2.24, 2.45) is 0 Å². The normalized spacial score (nSPS) is 17.0. The number of ether oxygens (including phenoxy) is 2. The third-order valence-electron chi connectivity index (χ3n) is 5.02. The van der Waals surface area contributed by atoms with Crippen molar-refractivity contribution in [3.63, 3.8) is 0 Å². The molecule has 0 N–H and O–H groups in total. The lowest BCUT2D eigenvalue weighted by Crippen LogP contribution is -2.31. The molecule has 5 nitrogen and oxygen atoms in total. The van der Waals surface area contributed by atoms with Gasteiger partial charge in [-0.15, -0.1) is 0 Å². The maximum absolute atomic E-state index is 5.85. The number of hydrogen-bond acceptors (Lipinski definition) is 5. The largest absolute Gasteiger partial charge is 0.494 e. The third kappa shape index (κ3) is 3.83. The van der Waals surface area contributed by atoms with Gasteiger partial charge in [-0.25, -0.2) is 9.97 Å². The smallest absolute Gasteiger partial charge is 0.131 e. The Morgan fingerprint density at radius 3 is 2.77 bits per heavy atom. The molecule has 138 valence electrons. The summed E-state index contributed by atoms with van der Waals surface area (Å²) in [7, 11) is 0. The predicted molar refractivity (Wildman–Crippen MR) is 101 cm³/mol. The lowest BCUT2D eigenvalue weighted by molar-refractivity contribution is 0.236. The molecule has 0 bridgehead atoms. The van der Waals surface area contributed by atoms with Crippen LogP contribution in [-0.4, -0.2) is 34.6 Å². The molecular formula is C21H27N3O2. The topological polar surface area (TPSA) is 47.5 Å². The Bertz CT molecular complexity index is 774. The molecule has 1 aliphatic carbocycles. The molecule has 0 radical (unpaired) electrons. The molecule has 2 heterocycles. The number of aromatic nitrogens is 2. The lowest BCUT2D eigenvalue weighted by Gasteiger charge is -2.28. The van der Waals surface area contributed by atoms with Crippen LogP contribution >= 0.6 is 0 Å². The van der Waals surface area contributed by atoms with Gasteiger partial charge in [-0.3, -0.25) is 4.90 Å². The van der Waals surface area contributed by atoms with Crippen molar-refractivity contribution in [3.8, 4) is 11.5 Å². The monoisotopic (exact) mass is 353 g/mol. The van der Waals surface area contributed by atoms with Crippen molar-refractivity contribution in [2.75, 3.05) is 19.8 Å². The predicted octanol–water partition coefficient (Wildman–Crippen LogP) is 3.71. The molecule has 0 amide bonds. The molecule has 1 aromatic heterocycles. The van der Waals surface area contributed by atoms with Crippen molar-refractivity contribution in [3.05, 3.63) is 47.0 Å². The highest BCUT2D eigenvalue weighted by Crippen LogP contribution is 2.38. The SMILES string of the molecule is CCOc1ccc(CN2CCc3nc(C4CC4)ncc3C2)c(OCC)c1. The fourth-order valence-electron chi connectivity index (χ4n) is 3.52. The maximum Gasteiger partial charge on any atom is 0.131 e. The standard InChI is InChI=1S/C21H27N3O2/c1-3-25-18-8-7-16(20(11-18)26-4-2)13-24-10-9-19-17(14-24)12-22-21(23-19)15-5-6-15/h7-8,11-12,15H,3-6,9-10,13-14H2,1-2H3. The first-order chi connectivity index (χ1) is 12.8. The van der Waals surface area contributed by atoms with E-state index in [-0.39, 0.29) is 0 Å². The van der Waals surface area contributed by atoms with Crippen LogP contribution in [0.5, 0.6) is 11.5 Å². The zero-order chi connectivity index (χ0) is 17.9. The summed E-state index contributed by atoms with van der Waals surface area (Å²) in [6.45, 7) is 8.12. The first-order valence-corrected chi connectivity index (χ1v) is 9.72. The van der Waals surface area contributed by atoms with E-state index < -0.39 is 0 Å². The molecule has 0 unspecified atom stereocenters. The summed E-state index contributed by atoms with van der Waals surface area (Å²) in [6, 6.07) is 6.16. The number of rotatable bonds is 7. The van der Waals surface area contributed by atoms with E-state index in [2.05, 4.69) is 16.0 Å². The summed E-state index contributed by atoms with van der Waals surface area (Å²) in [5.74, 6) is 3.47. The minimum atomic E-state index is 0.621. The van der Waals surface area contributed by atoms with Gasteiger partial charge in [0.25, 0.3) is 0 Å². The van der Waals surface area contributed by atoms with E-state index >= 15 is 0 Å². The van der Waals surface area contributed by atoms with Crippen LogP contribution in [0.4, 0.5) is 0 Å². The highest BCUT2D eigenvalue weighted by molar-refractivity contribution is 5.41. The highest BCUT2D eigenvalue weighted by Gasteiger charge is 2.28. The second kappa shape index (κ2) is 7.62. The molecule has 1 saturated carbocycles. The molecule has 1 fully saturated rings. The number of fused-ring (bicyclic) bond motifs is 1. The van der Waals surface area contributed by atoms with E-state index in [1.54, 1.807) is 0 Å². The first-order valence-electron chi connectivity index (χ1n) is 9.72. The number of nitrogens with zero attached hydrogens (tertiary/aromatic N) is 3. The van der Waals surface area contributed by atoms with Crippen LogP contribution in [0.2, 0.25) is 0 Å². The van der Waals surface area contributed by atoms with E-state index in [1.165, 1.54) is 29.7 Å². The van der Waals surface area contributed by atoms with Crippen LogP contribution in [0.25, 0.3) is 0 Å². The summed E-state index contributed by atoms with van der Waals surface area (Å²) < 4.78 is 11.5. The van der Waals surface area contributed by atoms with Gasteiger partial charge in [0.05, 0.1) is 13.2 Å². The van der Waals surface area contributed by atoms with Crippen molar-refractivity contribution in [1.29, 1.82) is 0 Å². The van der Waals surface area contributed by atoms with Crippen LogP contribution in [0, 0.1) is 0 Å². The Kier molecular flexibility index (Phi) is 5.07. The van der Waals surface area contributed by atoms with Crippen LogP contribution in [0.15, 0.2) is 24.4 Å². The van der Waals surface area contributed by atoms with Crippen LogP contribution in [-0.2, 0) is 19.5 Å². The zero-order valence-electron chi connectivity index (χ0n) is 15.7. The maximum atomic E-state index is 5.85. The first kappa shape index (κ1) is 17.3. The average molecular weight is 353 g/mol. The fraction of sp³-hybridized carbons (Fsp3) is 0.524. The van der Waals surface area contributed by atoms with Gasteiger partial charge in [-0.2, -0.15) is 0 Å². The summed E-state index contributed by atoms with van der Waals surface area (Å²) in [5.41, 5.74) is 3.72. The second-order valence-electron chi connectivity index (χ2n) is 7.07. The molecule has 2 aromatic rings. The molecule has 2 aliphatic rings. The van der Waals surface area contributed by atoms with E-state index in [9.17, 15) is 0 Å². The summed E-state index contributed by atoms with van der Waals surface area (Å²) in [5, 5.41) is 0. The van der Waals surface area contributed by atoms with Gasteiger partial charge in [0.15, 0.2) is 0 Å². The molecule has 4 rings (SSSR count). The Morgan fingerprint density at radius 1 is 1.15 bits per heavy atom. The summed E-state index contributed by atoms with van der Waals surface area (Å²) >= 11 is 0. The van der Waals surface area contributed by atoms with Crippen molar-refractivity contribution >= 4 is 0 Å². The van der Waals surface area contributed by atoms with E-state index in [0.717, 1.165) is 43.4 Å². The zero-order valence-corrected chi connectivity index (χ0v) is 15.7. The highest BCUT2D eigenvalue weighted by atomic mass is 16.5. The molecule has 5 heteroatoms.